The number of aliphatic hydroxyl groups excluding tert-OH is 1. The summed E-state index contributed by atoms with van der Waals surface area (Å²) < 4.78 is 0. The van der Waals surface area contributed by atoms with Gasteiger partial charge in [-0.3, -0.25) is 9.59 Å². The van der Waals surface area contributed by atoms with Crippen molar-refractivity contribution >= 4 is 11.6 Å². The van der Waals surface area contributed by atoms with Crippen LogP contribution in [0.3, 0.4) is 0 Å². The van der Waals surface area contributed by atoms with Crippen molar-refractivity contribution in [3.05, 3.63) is 35.1 Å². The van der Waals surface area contributed by atoms with Gasteiger partial charge in [-0.1, -0.05) is 37.1 Å². The summed E-state index contributed by atoms with van der Waals surface area (Å²) in [5, 5.41) is 10.6. The molecular weight excluding hydrogens is 300 g/mol. The van der Waals surface area contributed by atoms with Crippen LogP contribution in [0.5, 0.6) is 0 Å². The summed E-state index contributed by atoms with van der Waals surface area (Å²) in [6, 6.07) is 0. The van der Waals surface area contributed by atoms with E-state index in [1.165, 1.54) is 11.6 Å². The van der Waals surface area contributed by atoms with Gasteiger partial charge in [0.1, 0.15) is 5.76 Å². The first-order chi connectivity index (χ1) is 11.0. The molecule has 132 valence electrons. The molecule has 0 radical (unpaired) electrons. The Kier molecular flexibility index (Phi) is 4.94. The van der Waals surface area contributed by atoms with Crippen LogP contribution in [0.25, 0.3) is 0 Å². The van der Waals surface area contributed by atoms with Crippen molar-refractivity contribution in [2.24, 2.45) is 22.7 Å². The molecule has 1 saturated carbocycles. The predicted molar refractivity (Wildman–Crippen MR) is 96.6 cm³/mol. The largest absolute Gasteiger partial charge is 0.511 e. The summed E-state index contributed by atoms with van der Waals surface area (Å²) >= 11 is 0. The zero-order valence-electron chi connectivity index (χ0n) is 15.8. The molecule has 0 aromatic carbocycles. The summed E-state index contributed by atoms with van der Waals surface area (Å²) in [6.07, 6.45) is 7.39. The summed E-state index contributed by atoms with van der Waals surface area (Å²) in [7, 11) is 0. The highest BCUT2D eigenvalue weighted by atomic mass is 16.3. The van der Waals surface area contributed by atoms with E-state index in [1.54, 1.807) is 0 Å². The summed E-state index contributed by atoms with van der Waals surface area (Å²) in [5.41, 5.74) is 1.03. The molecule has 2 aliphatic rings. The highest BCUT2D eigenvalue weighted by Crippen LogP contribution is 2.57. The van der Waals surface area contributed by atoms with E-state index in [4.69, 9.17) is 0 Å². The van der Waals surface area contributed by atoms with Crippen molar-refractivity contribution < 1.29 is 14.7 Å². The van der Waals surface area contributed by atoms with Gasteiger partial charge in [0, 0.05) is 6.08 Å². The monoisotopic (exact) mass is 330 g/mol. The lowest BCUT2D eigenvalue weighted by Crippen LogP contribution is -2.57. The molecule has 2 rings (SSSR count). The van der Waals surface area contributed by atoms with Crippen LogP contribution in [0.1, 0.15) is 60.8 Å². The Labute approximate surface area is 145 Å². The minimum absolute atomic E-state index is 0.0380. The number of rotatable bonds is 4. The third-order valence-electron chi connectivity index (χ3n) is 5.85. The lowest BCUT2D eigenvalue weighted by molar-refractivity contribution is -0.154. The maximum Gasteiger partial charge on any atom is 0.170 e. The van der Waals surface area contributed by atoms with Gasteiger partial charge in [0.25, 0.3) is 0 Å². The van der Waals surface area contributed by atoms with Crippen LogP contribution in [0, 0.1) is 22.7 Å². The number of carbonyl (C=O) groups excluding carboxylic acids is 2. The van der Waals surface area contributed by atoms with Crippen molar-refractivity contribution in [1.29, 1.82) is 0 Å². The summed E-state index contributed by atoms with van der Waals surface area (Å²) in [4.78, 5) is 25.7. The normalized spacial score (nSPS) is 31.3. The average Bonchev–Trinajstić information content (AvgIpc) is 2.43. The smallest absolute Gasteiger partial charge is 0.170 e. The van der Waals surface area contributed by atoms with E-state index in [2.05, 4.69) is 19.9 Å². The lowest BCUT2D eigenvalue weighted by Gasteiger charge is -2.52. The maximum atomic E-state index is 13.2. The van der Waals surface area contributed by atoms with E-state index in [0.717, 1.165) is 12.0 Å². The second kappa shape index (κ2) is 6.34. The molecule has 0 unspecified atom stereocenters. The molecule has 1 fully saturated rings. The average molecular weight is 330 g/mol. The fourth-order valence-electron chi connectivity index (χ4n) is 4.15. The van der Waals surface area contributed by atoms with Crippen molar-refractivity contribution in [3.8, 4) is 0 Å². The van der Waals surface area contributed by atoms with E-state index >= 15 is 0 Å². The molecule has 24 heavy (non-hydrogen) atoms. The minimum atomic E-state index is -0.925. The first kappa shape index (κ1) is 18.7. The van der Waals surface area contributed by atoms with Crippen molar-refractivity contribution in [2.75, 3.05) is 0 Å². The van der Waals surface area contributed by atoms with Gasteiger partial charge in [0.15, 0.2) is 11.6 Å². The molecule has 0 heterocycles. The van der Waals surface area contributed by atoms with E-state index in [0.29, 0.717) is 12.8 Å². The van der Waals surface area contributed by atoms with Gasteiger partial charge >= 0.3 is 0 Å². The van der Waals surface area contributed by atoms with Crippen LogP contribution in [0.4, 0.5) is 0 Å². The Morgan fingerprint density at radius 3 is 2.29 bits per heavy atom. The number of fused-ring (bicyclic) bond motifs is 2. The molecule has 1 N–H and O–H groups in total. The van der Waals surface area contributed by atoms with Gasteiger partial charge in [-0.15, -0.1) is 0 Å². The molecule has 3 nitrogen and oxygen atoms in total. The fraction of sp³-hybridized carbons (Fsp3) is 0.619. The van der Waals surface area contributed by atoms with Crippen LogP contribution in [0.15, 0.2) is 35.1 Å². The third-order valence-corrected chi connectivity index (χ3v) is 5.85. The summed E-state index contributed by atoms with van der Waals surface area (Å²) in [6.45, 7) is 12.1. The Hall–Kier alpha value is -1.64. The van der Waals surface area contributed by atoms with Crippen LogP contribution in [-0.4, -0.2) is 16.7 Å². The number of Topliss-reactive ketones (excluding diaryl/α,β-unsaturated/α-hetero) is 1. The van der Waals surface area contributed by atoms with Gasteiger partial charge in [-0.2, -0.15) is 0 Å². The number of allylic oxidation sites excluding steroid dienone is 6. The van der Waals surface area contributed by atoms with E-state index < -0.39 is 16.7 Å². The number of carbonyl (C=O) groups is 2. The summed E-state index contributed by atoms with van der Waals surface area (Å²) in [5.74, 6) is -0.839. The van der Waals surface area contributed by atoms with E-state index in [-0.39, 0.29) is 23.2 Å². The molecule has 0 aromatic rings. The second-order valence-corrected chi connectivity index (χ2v) is 8.54. The molecule has 0 amide bonds. The van der Waals surface area contributed by atoms with Crippen molar-refractivity contribution in [3.63, 3.8) is 0 Å². The Balaban J connectivity index is 2.54. The molecule has 3 heteroatoms. The van der Waals surface area contributed by atoms with Crippen LogP contribution in [-0.2, 0) is 9.59 Å². The SMILES string of the molecule is CC(C)=CC[C@H]1C[C@@]2(CC=C(C)C)C(=O)[C@H](C(=O)C=C2O)C1(C)C. The third kappa shape index (κ3) is 3.01. The number of ketones is 2. The molecule has 0 aromatic heterocycles. The number of hydrogen-bond donors (Lipinski definition) is 1. The highest BCUT2D eigenvalue weighted by Gasteiger charge is 2.61. The predicted octanol–water partition coefficient (Wildman–Crippen LogP) is 4.94. The van der Waals surface area contributed by atoms with Gasteiger partial charge in [-0.05, 0) is 58.3 Å². The second-order valence-electron chi connectivity index (χ2n) is 8.54. The molecule has 0 spiro atoms. The zero-order chi connectivity index (χ0) is 18.3. The number of hydrogen-bond acceptors (Lipinski definition) is 3. The molecular formula is C21H30O3. The first-order valence-electron chi connectivity index (χ1n) is 8.78. The molecule has 0 aliphatic heterocycles. The minimum Gasteiger partial charge on any atom is -0.511 e. The van der Waals surface area contributed by atoms with Gasteiger partial charge < -0.3 is 5.11 Å². The quantitative estimate of drug-likeness (QED) is 0.586. The fourth-order valence-corrected chi connectivity index (χ4v) is 4.15. The van der Waals surface area contributed by atoms with Crippen molar-refractivity contribution in [1.82, 2.24) is 0 Å². The Morgan fingerprint density at radius 2 is 1.75 bits per heavy atom. The van der Waals surface area contributed by atoms with Crippen LogP contribution in [0.2, 0.25) is 0 Å². The Morgan fingerprint density at radius 1 is 1.17 bits per heavy atom. The zero-order valence-corrected chi connectivity index (χ0v) is 15.8. The lowest BCUT2D eigenvalue weighted by atomic mass is 9.48. The number of aliphatic hydroxyl groups is 1. The van der Waals surface area contributed by atoms with Gasteiger partial charge in [0.2, 0.25) is 0 Å². The standard InChI is InChI=1S/C21H30O3/c1-13(2)7-8-15-12-21(10-9-14(3)4)17(23)11-16(22)18(19(21)24)20(15,5)6/h7,9,11,15,18,23H,8,10,12H2,1-6H3/t15-,18-,21+/m0/s1. The first-order valence-corrected chi connectivity index (χ1v) is 8.78. The topological polar surface area (TPSA) is 54.4 Å². The van der Waals surface area contributed by atoms with Crippen molar-refractivity contribution in [2.45, 2.75) is 60.8 Å². The van der Waals surface area contributed by atoms with Crippen LogP contribution < -0.4 is 0 Å². The maximum absolute atomic E-state index is 13.2. The Bertz CT molecular complexity index is 640. The van der Waals surface area contributed by atoms with Gasteiger partial charge in [-0.25, -0.2) is 0 Å². The highest BCUT2D eigenvalue weighted by molar-refractivity contribution is 6.14. The van der Waals surface area contributed by atoms with Crippen LogP contribution >= 0.6 is 0 Å². The molecule has 2 aliphatic carbocycles. The molecule has 3 atom stereocenters. The molecule has 0 saturated heterocycles. The van der Waals surface area contributed by atoms with E-state index in [1.807, 2.05) is 33.8 Å². The van der Waals surface area contributed by atoms with E-state index in [9.17, 15) is 14.7 Å². The molecule has 2 bridgehead atoms. The van der Waals surface area contributed by atoms with Gasteiger partial charge in [0.05, 0.1) is 11.3 Å².